The van der Waals surface area contributed by atoms with Crippen molar-refractivity contribution in [1.82, 2.24) is 10.2 Å². The molecule has 1 heterocycles. The molecule has 0 radical (unpaired) electrons. The standard InChI is InChI=1S/C14H17F3N2O/c1-13(2)9-19(12(20)14(15,16)17)11(8-18-13)10-6-4-3-5-7-10/h3-7,11,18H,8-9H2,1-2H3. The van der Waals surface area contributed by atoms with Crippen LogP contribution in [0.5, 0.6) is 0 Å². The Morgan fingerprint density at radius 1 is 1.30 bits per heavy atom. The first-order chi connectivity index (χ1) is 9.21. The molecule has 1 aromatic rings. The van der Waals surface area contributed by atoms with E-state index in [0.717, 1.165) is 4.90 Å². The number of carbonyl (C=O) groups excluding carboxylic acids is 1. The zero-order valence-electron chi connectivity index (χ0n) is 11.4. The summed E-state index contributed by atoms with van der Waals surface area (Å²) >= 11 is 0. The fourth-order valence-electron chi connectivity index (χ4n) is 2.42. The molecule has 1 N–H and O–H groups in total. The van der Waals surface area contributed by atoms with Crippen LogP contribution in [0.3, 0.4) is 0 Å². The molecular weight excluding hydrogens is 269 g/mol. The van der Waals surface area contributed by atoms with E-state index in [1.807, 2.05) is 0 Å². The number of nitrogens with one attached hydrogen (secondary N) is 1. The van der Waals surface area contributed by atoms with Crippen LogP contribution in [0.15, 0.2) is 30.3 Å². The maximum Gasteiger partial charge on any atom is 0.471 e. The lowest BCUT2D eigenvalue weighted by Crippen LogP contribution is -2.61. The van der Waals surface area contributed by atoms with E-state index in [4.69, 9.17) is 0 Å². The smallest absolute Gasteiger partial charge is 0.325 e. The molecule has 1 aliphatic heterocycles. The van der Waals surface area contributed by atoms with E-state index < -0.39 is 23.7 Å². The van der Waals surface area contributed by atoms with E-state index in [9.17, 15) is 18.0 Å². The average Bonchev–Trinajstić information content (AvgIpc) is 2.37. The Kier molecular flexibility index (Phi) is 3.77. The first kappa shape index (κ1) is 14.8. The number of alkyl halides is 3. The van der Waals surface area contributed by atoms with Crippen LogP contribution in [-0.2, 0) is 4.79 Å². The Morgan fingerprint density at radius 2 is 1.90 bits per heavy atom. The third kappa shape index (κ3) is 3.12. The highest BCUT2D eigenvalue weighted by molar-refractivity contribution is 5.82. The molecule has 6 heteroatoms. The Balaban J connectivity index is 2.32. The fraction of sp³-hybridized carbons (Fsp3) is 0.500. The fourth-order valence-corrected chi connectivity index (χ4v) is 2.42. The van der Waals surface area contributed by atoms with Gasteiger partial charge in [-0.3, -0.25) is 4.79 Å². The predicted octanol–water partition coefficient (Wildman–Crippen LogP) is 2.50. The van der Waals surface area contributed by atoms with Gasteiger partial charge in [0.15, 0.2) is 0 Å². The minimum atomic E-state index is -4.85. The van der Waals surface area contributed by atoms with Gasteiger partial charge in [0, 0.05) is 18.6 Å². The van der Waals surface area contributed by atoms with Crippen molar-refractivity contribution in [3.05, 3.63) is 35.9 Å². The van der Waals surface area contributed by atoms with Gasteiger partial charge >= 0.3 is 12.1 Å². The van der Waals surface area contributed by atoms with Crippen LogP contribution in [0, 0.1) is 0 Å². The van der Waals surface area contributed by atoms with Crippen molar-refractivity contribution in [2.75, 3.05) is 13.1 Å². The first-order valence-electron chi connectivity index (χ1n) is 6.38. The molecule has 3 nitrogen and oxygen atoms in total. The second-order valence-electron chi connectivity index (χ2n) is 5.62. The largest absolute Gasteiger partial charge is 0.471 e. The lowest BCUT2D eigenvalue weighted by atomic mass is 9.94. The van der Waals surface area contributed by atoms with E-state index in [1.165, 1.54) is 0 Å². The molecule has 110 valence electrons. The lowest BCUT2D eigenvalue weighted by Gasteiger charge is -2.44. The summed E-state index contributed by atoms with van der Waals surface area (Å²) in [5, 5.41) is 3.18. The number of rotatable bonds is 1. The van der Waals surface area contributed by atoms with Gasteiger partial charge < -0.3 is 10.2 Å². The molecule has 1 fully saturated rings. The Morgan fingerprint density at radius 3 is 2.45 bits per heavy atom. The van der Waals surface area contributed by atoms with Gasteiger partial charge in [-0.25, -0.2) is 0 Å². The molecule has 1 atom stereocenters. The van der Waals surface area contributed by atoms with Crippen LogP contribution in [0.25, 0.3) is 0 Å². The van der Waals surface area contributed by atoms with Crippen LogP contribution in [0.4, 0.5) is 13.2 Å². The topological polar surface area (TPSA) is 32.3 Å². The number of piperazine rings is 1. The van der Waals surface area contributed by atoms with Gasteiger partial charge in [-0.15, -0.1) is 0 Å². The van der Waals surface area contributed by atoms with Gasteiger partial charge in [-0.1, -0.05) is 30.3 Å². The van der Waals surface area contributed by atoms with Gasteiger partial charge in [0.25, 0.3) is 0 Å². The van der Waals surface area contributed by atoms with Crippen molar-refractivity contribution in [1.29, 1.82) is 0 Å². The number of hydrogen-bond donors (Lipinski definition) is 1. The van der Waals surface area contributed by atoms with Crippen LogP contribution in [0.2, 0.25) is 0 Å². The van der Waals surface area contributed by atoms with Crippen LogP contribution in [0.1, 0.15) is 25.5 Å². The third-order valence-corrected chi connectivity index (χ3v) is 3.40. The normalized spacial score (nSPS) is 22.6. The summed E-state index contributed by atoms with van der Waals surface area (Å²) in [6, 6.07) is 8.18. The van der Waals surface area contributed by atoms with Gasteiger partial charge in [-0.05, 0) is 19.4 Å². The van der Waals surface area contributed by atoms with Crippen LogP contribution in [-0.4, -0.2) is 35.6 Å². The van der Waals surface area contributed by atoms with Gasteiger partial charge in [0.2, 0.25) is 0 Å². The lowest BCUT2D eigenvalue weighted by molar-refractivity contribution is -0.190. The summed E-state index contributed by atoms with van der Waals surface area (Å²) in [5.74, 6) is -1.78. The molecule has 20 heavy (non-hydrogen) atoms. The number of carbonyl (C=O) groups is 1. The SMILES string of the molecule is CC1(C)CN(C(=O)C(F)(F)F)C(c2ccccc2)CN1. The van der Waals surface area contributed by atoms with E-state index in [2.05, 4.69) is 5.32 Å². The van der Waals surface area contributed by atoms with Gasteiger partial charge in [-0.2, -0.15) is 13.2 Å². The molecular formula is C14H17F3N2O. The summed E-state index contributed by atoms with van der Waals surface area (Å²) in [7, 11) is 0. The number of nitrogens with zero attached hydrogens (tertiary/aromatic N) is 1. The van der Waals surface area contributed by atoms with Crippen molar-refractivity contribution in [3.63, 3.8) is 0 Å². The number of halogens is 3. The molecule has 0 bridgehead atoms. The zero-order chi connectivity index (χ0) is 15.0. The quantitative estimate of drug-likeness (QED) is 0.860. The minimum absolute atomic E-state index is 0.0188. The van der Waals surface area contributed by atoms with Gasteiger partial charge in [0.05, 0.1) is 6.04 Å². The Hall–Kier alpha value is -1.56. The molecule has 1 aromatic carbocycles. The summed E-state index contributed by atoms with van der Waals surface area (Å²) in [5.41, 5.74) is 0.166. The minimum Gasteiger partial charge on any atom is -0.325 e. The molecule has 0 spiro atoms. The number of hydrogen-bond acceptors (Lipinski definition) is 2. The third-order valence-electron chi connectivity index (χ3n) is 3.40. The van der Waals surface area contributed by atoms with Crippen molar-refractivity contribution in [2.24, 2.45) is 0 Å². The maximum absolute atomic E-state index is 12.8. The molecule has 0 aliphatic carbocycles. The summed E-state index contributed by atoms with van der Waals surface area (Å²) in [4.78, 5) is 12.6. The number of amides is 1. The second-order valence-corrected chi connectivity index (χ2v) is 5.62. The second kappa shape index (κ2) is 5.09. The first-order valence-corrected chi connectivity index (χ1v) is 6.38. The maximum atomic E-state index is 12.8. The van der Waals surface area contributed by atoms with E-state index >= 15 is 0 Å². The van der Waals surface area contributed by atoms with Gasteiger partial charge in [0.1, 0.15) is 0 Å². The molecule has 1 unspecified atom stereocenters. The molecule has 1 amide bonds. The van der Waals surface area contributed by atoms with Crippen molar-refractivity contribution in [2.45, 2.75) is 31.6 Å². The highest BCUT2D eigenvalue weighted by atomic mass is 19.4. The molecule has 0 saturated carbocycles. The van der Waals surface area contributed by atoms with Crippen LogP contribution >= 0.6 is 0 Å². The van der Waals surface area contributed by atoms with E-state index in [1.54, 1.807) is 44.2 Å². The average molecular weight is 286 g/mol. The molecule has 1 saturated heterocycles. The van der Waals surface area contributed by atoms with Crippen molar-refractivity contribution >= 4 is 5.91 Å². The monoisotopic (exact) mass is 286 g/mol. The van der Waals surface area contributed by atoms with Crippen LogP contribution < -0.4 is 5.32 Å². The summed E-state index contributed by atoms with van der Waals surface area (Å²) in [6.45, 7) is 3.89. The van der Waals surface area contributed by atoms with E-state index in [0.29, 0.717) is 12.1 Å². The van der Waals surface area contributed by atoms with E-state index in [-0.39, 0.29) is 6.54 Å². The van der Waals surface area contributed by atoms with Crippen molar-refractivity contribution in [3.8, 4) is 0 Å². The number of benzene rings is 1. The highest BCUT2D eigenvalue weighted by Crippen LogP contribution is 2.31. The Labute approximate surface area is 115 Å². The molecule has 1 aliphatic rings. The molecule has 2 rings (SSSR count). The Bertz CT molecular complexity index is 485. The summed E-state index contributed by atoms with van der Waals surface area (Å²) < 4.78 is 38.3. The predicted molar refractivity (Wildman–Crippen MR) is 69.0 cm³/mol. The summed E-state index contributed by atoms with van der Waals surface area (Å²) in [6.07, 6.45) is -4.85. The zero-order valence-corrected chi connectivity index (χ0v) is 11.4. The molecule has 0 aromatic heterocycles. The highest BCUT2D eigenvalue weighted by Gasteiger charge is 2.47. The van der Waals surface area contributed by atoms with Crippen molar-refractivity contribution < 1.29 is 18.0 Å².